The molecule has 0 aliphatic rings. The summed E-state index contributed by atoms with van der Waals surface area (Å²) in [6, 6.07) is 0. The molecule has 0 rings (SSSR count). The number of carbonyl (C=O) groups excluding carboxylic acids is 3. The fourth-order valence-electron chi connectivity index (χ4n) is 10.0. The number of hydrogen-bond acceptors (Lipinski definition) is 6. The molecule has 0 bridgehead atoms. The van der Waals surface area contributed by atoms with Crippen molar-refractivity contribution in [3.63, 3.8) is 0 Å². The SMILES string of the molecule is CCCCCCCCCCCCCCCCCCCCCC(=O)[O-].CCCCCCCCCCCCCCCCCCCCCC(=O)[O-].CCCCCCCCCCCCCCCCCCCCCC(=O)[O-].[Ce+3]. The molecule has 0 atom stereocenters. The molecule has 73 heavy (non-hydrogen) atoms. The standard InChI is InChI=1S/3C22H44O2.Ce/c3*1-2-3-4-5-6-7-8-9-10-11-12-13-14-15-16-17-18-19-20-21-22(23)24;/h3*2-21H2,1H3,(H,23,24);/q;;;+3/p-3. The van der Waals surface area contributed by atoms with Crippen molar-refractivity contribution in [2.75, 3.05) is 0 Å². The van der Waals surface area contributed by atoms with Gasteiger partial charge in [0.25, 0.3) is 0 Å². The minimum atomic E-state index is -0.901. The van der Waals surface area contributed by atoms with E-state index in [1.165, 1.54) is 327 Å². The van der Waals surface area contributed by atoms with E-state index < -0.39 is 17.9 Å². The molecular formula is C66H129CeO6. The fourth-order valence-corrected chi connectivity index (χ4v) is 10.0. The van der Waals surface area contributed by atoms with Crippen LogP contribution in [0.3, 0.4) is 0 Å². The van der Waals surface area contributed by atoms with Gasteiger partial charge in [0, 0.05) is 17.9 Å². The van der Waals surface area contributed by atoms with Crippen LogP contribution < -0.4 is 15.3 Å². The summed E-state index contributed by atoms with van der Waals surface area (Å²) in [7, 11) is 0. The second kappa shape index (κ2) is 76.0. The van der Waals surface area contributed by atoms with Crippen LogP contribution in [-0.2, 0) is 14.4 Å². The molecule has 0 spiro atoms. The van der Waals surface area contributed by atoms with Gasteiger partial charge in [0.05, 0.1) is 0 Å². The number of carbonyl (C=O) groups is 3. The molecule has 0 saturated carbocycles. The predicted molar refractivity (Wildman–Crippen MR) is 309 cm³/mol. The van der Waals surface area contributed by atoms with Gasteiger partial charge in [-0.3, -0.25) is 0 Å². The van der Waals surface area contributed by atoms with Gasteiger partial charge in [-0.2, -0.15) is 0 Å². The van der Waals surface area contributed by atoms with E-state index in [9.17, 15) is 29.7 Å². The Morgan fingerprint density at radius 1 is 0.178 bits per heavy atom. The van der Waals surface area contributed by atoms with Gasteiger partial charge in [0.15, 0.2) is 0 Å². The molecule has 0 saturated heterocycles. The zero-order valence-corrected chi connectivity index (χ0v) is 53.0. The Balaban J connectivity index is -0.000000486. The Kier molecular flexibility index (Phi) is 82.6. The summed E-state index contributed by atoms with van der Waals surface area (Å²) in [5.41, 5.74) is 0. The molecule has 6 nitrogen and oxygen atoms in total. The summed E-state index contributed by atoms with van der Waals surface area (Å²) in [4.78, 5) is 30.8. The Bertz CT molecular complexity index is 882. The minimum Gasteiger partial charge on any atom is -0.550 e. The average molecular weight is 1160 g/mol. The summed E-state index contributed by atoms with van der Waals surface area (Å²) in [6.45, 7) is 6.84. The first-order valence-corrected chi connectivity index (χ1v) is 32.9. The van der Waals surface area contributed by atoms with Crippen LogP contribution in [-0.4, -0.2) is 17.9 Å². The Labute approximate surface area is 491 Å². The maximum Gasteiger partial charge on any atom is 3.00 e. The zero-order valence-electron chi connectivity index (χ0n) is 49.9. The number of hydrogen-bond donors (Lipinski definition) is 0. The average Bonchev–Trinajstić information content (AvgIpc) is 3.36. The number of unbranched alkanes of at least 4 members (excludes halogenated alkanes) is 54. The van der Waals surface area contributed by atoms with Gasteiger partial charge >= 0.3 is 41.7 Å². The van der Waals surface area contributed by atoms with E-state index >= 15 is 0 Å². The van der Waals surface area contributed by atoms with Crippen molar-refractivity contribution in [1.29, 1.82) is 0 Å². The molecule has 0 aromatic carbocycles. The van der Waals surface area contributed by atoms with Crippen molar-refractivity contribution in [1.82, 2.24) is 0 Å². The monoisotopic (exact) mass is 1160 g/mol. The van der Waals surface area contributed by atoms with Gasteiger partial charge in [-0.05, 0) is 38.5 Å². The molecule has 0 aliphatic carbocycles. The van der Waals surface area contributed by atoms with E-state index in [1.54, 1.807) is 0 Å². The van der Waals surface area contributed by atoms with Crippen LogP contribution in [0.4, 0.5) is 0 Å². The van der Waals surface area contributed by atoms with Crippen LogP contribution in [0.1, 0.15) is 406 Å². The number of rotatable bonds is 60. The van der Waals surface area contributed by atoms with Crippen LogP contribution in [0.5, 0.6) is 0 Å². The molecule has 0 fully saturated rings. The van der Waals surface area contributed by atoms with Crippen LogP contribution in [0, 0.1) is 41.7 Å². The Morgan fingerprint density at radius 3 is 0.342 bits per heavy atom. The van der Waals surface area contributed by atoms with Crippen LogP contribution >= 0.6 is 0 Å². The van der Waals surface area contributed by atoms with Crippen LogP contribution in [0.15, 0.2) is 0 Å². The van der Waals surface area contributed by atoms with Crippen LogP contribution in [0.25, 0.3) is 0 Å². The summed E-state index contributed by atoms with van der Waals surface area (Å²) in [6.07, 6.45) is 77.2. The second-order valence-corrected chi connectivity index (χ2v) is 22.5. The molecular weight excluding hydrogens is 1030 g/mol. The van der Waals surface area contributed by atoms with Crippen molar-refractivity contribution in [2.45, 2.75) is 406 Å². The first kappa shape index (κ1) is 79.3. The van der Waals surface area contributed by atoms with E-state index in [4.69, 9.17) is 0 Å². The quantitative estimate of drug-likeness (QED) is 0.0560. The van der Waals surface area contributed by atoms with Gasteiger partial charge in [0.2, 0.25) is 0 Å². The maximum atomic E-state index is 10.3. The molecule has 1 radical (unpaired) electrons. The molecule has 0 amide bonds. The molecule has 0 aromatic heterocycles. The van der Waals surface area contributed by atoms with Crippen molar-refractivity contribution in [2.24, 2.45) is 0 Å². The summed E-state index contributed by atoms with van der Waals surface area (Å²) in [5.74, 6) is -2.70. The van der Waals surface area contributed by atoms with E-state index in [2.05, 4.69) is 20.8 Å². The Morgan fingerprint density at radius 2 is 0.260 bits per heavy atom. The Hall–Kier alpha value is -0.213. The molecule has 0 aliphatic heterocycles. The van der Waals surface area contributed by atoms with Crippen molar-refractivity contribution >= 4 is 17.9 Å². The van der Waals surface area contributed by atoms with E-state index in [0.717, 1.165) is 38.5 Å². The summed E-state index contributed by atoms with van der Waals surface area (Å²) >= 11 is 0. The number of carboxylic acids is 3. The van der Waals surface area contributed by atoms with Crippen molar-refractivity contribution in [3.05, 3.63) is 0 Å². The third-order valence-electron chi connectivity index (χ3n) is 15.0. The summed E-state index contributed by atoms with van der Waals surface area (Å²) in [5, 5.41) is 30.8. The summed E-state index contributed by atoms with van der Waals surface area (Å²) < 4.78 is 0. The molecule has 0 N–H and O–H groups in total. The second-order valence-electron chi connectivity index (χ2n) is 22.5. The number of aliphatic carboxylic acids is 3. The smallest absolute Gasteiger partial charge is 0.550 e. The topological polar surface area (TPSA) is 120 Å². The predicted octanol–water partition coefficient (Wildman–Crippen LogP) is 19.7. The van der Waals surface area contributed by atoms with Gasteiger partial charge in [-0.15, -0.1) is 0 Å². The first-order chi connectivity index (χ1) is 35.3. The van der Waals surface area contributed by atoms with Crippen LogP contribution in [0.2, 0.25) is 0 Å². The molecule has 0 heterocycles. The van der Waals surface area contributed by atoms with Crippen molar-refractivity contribution < 1.29 is 71.5 Å². The van der Waals surface area contributed by atoms with E-state index in [-0.39, 0.29) is 61.0 Å². The minimum absolute atomic E-state index is 0. The fraction of sp³-hybridized carbons (Fsp3) is 0.955. The third kappa shape index (κ3) is 88.7. The van der Waals surface area contributed by atoms with Gasteiger partial charge in [-0.1, -0.05) is 367 Å². The van der Waals surface area contributed by atoms with Crippen molar-refractivity contribution in [3.8, 4) is 0 Å². The van der Waals surface area contributed by atoms with Gasteiger partial charge < -0.3 is 29.7 Å². The maximum absolute atomic E-state index is 10.3. The zero-order chi connectivity index (χ0) is 53.2. The van der Waals surface area contributed by atoms with Gasteiger partial charge in [-0.25, -0.2) is 0 Å². The third-order valence-corrected chi connectivity index (χ3v) is 15.0. The molecule has 0 unspecified atom stereocenters. The molecule has 0 aromatic rings. The molecule has 7 heteroatoms. The van der Waals surface area contributed by atoms with E-state index in [0.29, 0.717) is 0 Å². The normalized spacial score (nSPS) is 10.9. The first-order valence-electron chi connectivity index (χ1n) is 32.9. The van der Waals surface area contributed by atoms with Gasteiger partial charge in [0.1, 0.15) is 0 Å². The van der Waals surface area contributed by atoms with E-state index in [1.807, 2.05) is 0 Å². The molecule has 433 valence electrons. The number of carboxylic acid groups (broad SMARTS) is 3. The largest absolute Gasteiger partial charge is 3.00 e.